The van der Waals surface area contributed by atoms with E-state index in [9.17, 15) is 31.5 Å². The molecule has 0 heterocycles. The Hall–Kier alpha value is -3.05. The van der Waals surface area contributed by atoms with Gasteiger partial charge in [0.05, 0.1) is 12.5 Å². The maximum Gasteiger partial charge on any atom is 0.311 e. The number of hydrogen-bond acceptors (Lipinski definition) is 5. The van der Waals surface area contributed by atoms with Crippen LogP contribution in [-0.4, -0.2) is 37.9 Å². The molecule has 0 aromatic heterocycles. The lowest BCUT2D eigenvalue weighted by Crippen LogP contribution is -2.38. The number of amides is 1. The monoisotopic (exact) mass is 489 g/mol. The molecule has 186 valence electrons. The Labute approximate surface area is 193 Å². The lowest BCUT2D eigenvalue weighted by Gasteiger charge is -2.21. The highest BCUT2D eigenvalue weighted by Crippen LogP contribution is 2.30. The number of hydrogen-bond donors (Lipinski definition) is 1. The molecule has 0 spiro atoms. The van der Waals surface area contributed by atoms with Crippen LogP contribution < -0.4 is 10.1 Å². The van der Waals surface area contributed by atoms with Crippen molar-refractivity contribution in [2.75, 3.05) is 19.8 Å². The second-order valence-electron chi connectivity index (χ2n) is 6.96. The molecule has 0 saturated heterocycles. The van der Waals surface area contributed by atoms with Crippen molar-refractivity contribution in [3.63, 3.8) is 0 Å². The highest BCUT2D eigenvalue weighted by Gasteiger charge is 2.29. The van der Waals surface area contributed by atoms with Crippen LogP contribution in [0.2, 0.25) is 0 Å². The summed E-state index contributed by atoms with van der Waals surface area (Å²) in [6, 6.07) is 8.35. The zero-order valence-corrected chi connectivity index (χ0v) is 18.5. The first-order valence-electron chi connectivity index (χ1n) is 10.5. The molecule has 1 amide bonds. The van der Waals surface area contributed by atoms with Gasteiger partial charge in [0.15, 0.2) is 6.29 Å². The first-order valence-corrected chi connectivity index (χ1v) is 10.5. The SMILES string of the molecule is CCOC(CNC(=O)C(CCC(=O)Oc1c(F)c(F)c(F)c(F)c1F)c1ccccc1)OCC. The highest BCUT2D eigenvalue weighted by atomic mass is 19.2. The van der Waals surface area contributed by atoms with E-state index in [1.807, 2.05) is 0 Å². The van der Waals surface area contributed by atoms with E-state index in [-0.39, 0.29) is 13.0 Å². The molecule has 0 aliphatic carbocycles. The summed E-state index contributed by atoms with van der Waals surface area (Å²) < 4.78 is 82.5. The van der Waals surface area contributed by atoms with E-state index in [1.165, 1.54) is 0 Å². The summed E-state index contributed by atoms with van der Waals surface area (Å²) >= 11 is 0. The summed E-state index contributed by atoms with van der Waals surface area (Å²) in [5, 5.41) is 2.66. The molecule has 0 aliphatic heterocycles. The fraction of sp³-hybridized carbons (Fsp3) is 0.391. The molecule has 1 N–H and O–H groups in total. The standard InChI is InChI=1S/C23H24F5NO5/c1-3-32-16(33-4-2)12-29-23(31)14(13-8-6-5-7-9-13)10-11-15(30)34-22-20(27)18(25)17(24)19(26)21(22)28/h5-9,14,16H,3-4,10-12H2,1-2H3,(H,29,31). The van der Waals surface area contributed by atoms with Gasteiger partial charge in [0, 0.05) is 19.6 Å². The maximum absolute atomic E-state index is 13.8. The largest absolute Gasteiger partial charge is 0.420 e. The van der Waals surface area contributed by atoms with Crippen LogP contribution in [0, 0.1) is 29.1 Å². The fourth-order valence-electron chi connectivity index (χ4n) is 3.08. The molecule has 0 aliphatic rings. The van der Waals surface area contributed by atoms with Gasteiger partial charge in [0.2, 0.25) is 40.7 Å². The van der Waals surface area contributed by atoms with Crippen molar-refractivity contribution in [2.45, 2.75) is 38.9 Å². The average molecular weight is 489 g/mol. The average Bonchev–Trinajstić information content (AvgIpc) is 2.83. The first kappa shape index (κ1) is 27.2. The summed E-state index contributed by atoms with van der Waals surface area (Å²) in [6.45, 7) is 4.25. The third-order valence-electron chi connectivity index (χ3n) is 4.69. The lowest BCUT2D eigenvalue weighted by molar-refractivity contribution is -0.141. The molecule has 2 aromatic rings. The van der Waals surface area contributed by atoms with Crippen molar-refractivity contribution in [2.24, 2.45) is 0 Å². The molecule has 2 rings (SSSR count). The minimum atomic E-state index is -2.37. The van der Waals surface area contributed by atoms with Gasteiger partial charge in [-0.2, -0.15) is 8.78 Å². The molecule has 11 heteroatoms. The Bertz CT molecular complexity index is 954. The van der Waals surface area contributed by atoms with Gasteiger partial charge in [-0.3, -0.25) is 9.59 Å². The number of carbonyl (C=O) groups is 2. The van der Waals surface area contributed by atoms with Crippen molar-refractivity contribution < 1.29 is 45.8 Å². The number of halogens is 5. The molecule has 0 saturated carbocycles. The fourth-order valence-corrected chi connectivity index (χ4v) is 3.08. The van der Waals surface area contributed by atoms with Crippen molar-refractivity contribution in [3.05, 3.63) is 65.0 Å². The van der Waals surface area contributed by atoms with Gasteiger partial charge in [0.25, 0.3) is 0 Å². The summed E-state index contributed by atoms with van der Waals surface area (Å²) in [4.78, 5) is 25.0. The number of carbonyl (C=O) groups excluding carboxylic acids is 2. The van der Waals surface area contributed by atoms with Crippen LogP contribution in [-0.2, 0) is 19.1 Å². The Kier molecular flexibility index (Phi) is 10.4. The predicted octanol–water partition coefficient (Wildman–Crippen LogP) is 4.37. The highest BCUT2D eigenvalue weighted by molar-refractivity contribution is 5.84. The minimum absolute atomic E-state index is 0.0266. The molecular weight excluding hydrogens is 465 g/mol. The molecule has 6 nitrogen and oxygen atoms in total. The molecular formula is C23H24F5NO5. The number of benzene rings is 2. The van der Waals surface area contributed by atoms with E-state index in [4.69, 9.17) is 9.47 Å². The molecule has 1 unspecified atom stereocenters. The minimum Gasteiger partial charge on any atom is -0.420 e. The van der Waals surface area contributed by atoms with Gasteiger partial charge in [0.1, 0.15) is 0 Å². The van der Waals surface area contributed by atoms with Crippen molar-refractivity contribution in [1.82, 2.24) is 5.32 Å². The smallest absolute Gasteiger partial charge is 0.311 e. The predicted molar refractivity (Wildman–Crippen MR) is 110 cm³/mol. The van der Waals surface area contributed by atoms with Crippen molar-refractivity contribution >= 4 is 11.9 Å². The van der Waals surface area contributed by atoms with Gasteiger partial charge >= 0.3 is 5.97 Å². The molecule has 0 bridgehead atoms. The van der Waals surface area contributed by atoms with E-state index >= 15 is 0 Å². The quantitative estimate of drug-likeness (QED) is 0.120. The Morgan fingerprint density at radius 2 is 1.38 bits per heavy atom. The molecule has 0 radical (unpaired) electrons. The number of nitrogens with one attached hydrogen (secondary N) is 1. The van der Waals surface area contributed by atoms with Crippen LogP contribution in [0.25, 0.3) is 0 Å². The Morgan fingerprint density at radius 3 is 1.91 bits per heavy atom. The first-order chi connectivity index (χ1) is 16.2. The van der Waals surface area contributed by atoms with Crippen LogP contribution in [0.5, 0.6) is 5.75 Å². The van der Waals surface area contributed by atoms with Gasteiger partial charge in [-0.15, -0.1) is 0 Å². The normalized spacial score (nSPS) is 12.0. The van der Waals surface area contributed by atoms with Crippen molar-refractivity contribution in [1.29, 1.82) is 0 Å². The van der Waals surface area contributed by atoms with Crippen LogP contribution in [0.3, 0.4) is 0 Å². The maximum atomic E-state index is 13.8. The topological polar surface area (TPSA) is 73.9 Å². The van der Waals surface area contributed by atoms with Crippen LogP contribution in [0.4, 0.5) is 22.0 Å². The van der Waals surface area contributed by atoms with Crippen LogP contribution in [0.15, 0.2) is 30.3 Å². The van der Waals surface area contributed by atoms with Gasteiger partial charge in [-0.25, -0.2) is 13.2 Å². The lowest BCUT2D eigenvalue weighted by atomic mass is 9.93. The van der Waals surface area contributed by atoms with Gasteiger partial charge in [-0.1, -0.05) is 30.3 Å². The second-order valence-corrected chi connectivity index (χ2v) is 6.96. The van der Waals surface area contributed by atoms with Crippen LogP contribution in [0.1, 0.15) is 38.2 Å². The van der Waals surface area contributed by atoms with E-state index in [2.05, 4.69) is 10.1 Å². The Morgan fingerprint density at radius 1 is 0.853 bits per heavy atom. The summed E-state index contributed by atoms with van der Waals surface area (Å²) in [5.74, 6) is -15.7. The second kappa shape index (κ2) is 13.0. The zero-order chi connectivity index (χ0) is 25.3. The summed E-state index contributed by atoms with van der Waals surface area (Å²) in [7, 11) is 0. The molecule has 34 heavy (non-hydrogen) atoms. The number of rotatable bonds is 12. The Balaban J connectivity index is 2.11. The summed E-state index contributed by atoms with van der Waals surface area (Å²) in [5.41, 5.74) is 0.536. The molecule has 2 aromatic carbocycles. The third-order valence-corrected chi connectivity index (χ3v) is 4.69. The van der Waals surface area contributed by atoms with E-state index < -0.39 is 65.3 Å². The third kappa shape index (κ3) is 6.97. The van der Waals surface area contributed by atoms with E-state index in [1.54, 1.807) is 44.2 Å². The number of esters is 1. The zero-order valence-electron chi connectivity index (χ0n) is 18.5. The van der Waals surface area contributed by atoms with E-state index in [0.29, 0.717) is 18.8 Å². The van der Waals surface area contributed by atoms with Crippen LogP contribution >= 0.6 is 0 Å². The van der Waals surface area contributed by atoms with Crippen molar-refractivity contribution in [3.8, 4) is 5.75 Å². The number of ether oxygens (including phenoxy) is 3. The van der Waals surface area contributed by atoms with Gasteiger partial charge in [-0.05, 0) is 25.8 Å². The summed E-state index contributed by atoms with van der Waals surface area (Å²) in [6.07, 6.45) is -1.40. The van der Waals surface area contributed by atoms with Gasteiger partial charge < -0.3 is 19.5 Å². The molecule has 0 fully saturated rings. The van der Waals surface area contributed by atoms with E-state index in [0.717, 1.165) is 0 Å². The molecule has 1 atom stereocenters.